The zero-order valence-electron chi connectivity index (χ0n) is 17.9. The average Bonchev–Trinajstić information content (AvgIpc) is 2.82. The van der Waals surface area contributed by atoms with Crippen LogP contribution in [0.4, 0.5) is 0 Å². The summed E-state index contributed by atoms with van der Waals surface area (Å²) in [5, 5.41) is 5.69. The van der Waals surface area contributed by atoms with E-state index in [4.69, 9.17) is 0 Å². The van der Waals surface area contributed by atoms with Crippen LogP contribution in [0, 0.1) is 0 Å². The van der Waals surface area contributed by atoms with Gasteiger partial charge in [0.05, 0.1) is 0 Å². The van der Waals surface area contributed by atoms with Gasteiger partial charge in [-0.1, -0.05) is 134 Å². The molecule has 0 fully saturated rings. The van der Waals surface area contributed by atoms with Crippen LogP contribution in [0.25, 0.3) is 0 Å². The van der Waals surface area contributed by atoms with E-state index in [2.05, 4.69) is 141 Å². The molecule has 0 bridgehead atoms. The van der Waals surface area contributed by atoms with Gasteiger partial charge in [-0.3, -0.25) is 0 Å². The molecule has 0 unspecified atom stereocenters. The standard InChI is InChI=1S/C29H28P2/c1-3-24-29(2,30(25-16-8-4-9-17-25)26-18-10-5-11-19-26)31(27-20-12-6-13-21-27)28-22-14-7-15-23-28/h3-23H,1,24H2,2H3. The molecule has 0 aliphatic carbocycles. The summed E-state index contributed by atoms with van der Waals surface area (Å²) in [5.41, 5.74) is 0. The quantitative estimate of drug-likeness (QED) is 0.216. The highest BCUT2D eigenvalue weighted by Gasteiger charge is 2.43. The SMILES string of the molecule is C=CCC(C)(P(c1ccccc1)c1ccccc1)P(c1ccccc1)c1ccccc1. The normalized spacial score (nSPS) is 11.6. The maximum Gasteiger partial charge on any atom is 0.0273 e. The molecule has 0 nitrogen and oxygen atoms in total. The number of hydrogen-bond donors (Lipinski definition) is 0. The topological polar surface area (TPSA) is 0 Å². The largest absolute Gasteiger partial charge is 0.103 e. The van der Waals surface area contributed by atoms with Gasteiger partial charge < -0.3 is 0 Å². The van der Waals surface area contributed by atoms with Crippen LogP contribution in [0.2, 0.25) is 0 Å². The van der Waals surface area contributed by atoms with Crippen molar-refractivity contribution in [2.75, 3.05) is 0 Å². The molecule has 0 saturated heterocycles. The van der Waals surface area contributed by atoms with Gasteiger partial charge in [-0.25, -0.2) is 0 Å². The first-order chi connectivity index (χ1) is 15.2. The van der Waals surface area contributed by atoms with E-state index in [0.717, 1.165) is 6.42 Å². The molecule has 154 valence electrons. The summed E-state index contributed by atoms with van der Waals surface area (Å²) in [7, 11) is -1.26. The molecule has 4 aromatic rings. The average molecular weight is 438 g/mol. The summed E-state index contributed by atoms with van der Waals surface area (Å²) >= 11 is 0. The van der Waals surface area contributed by atoms with Crippen molar-refractivity contribution in [3.05, 3.63) is 134 Å². The highest BCUT2D eigenvalue weighted by Crippen LogP contribution is 2.66. The Morgan fingerprint density at radius 3 is 1.03 bits per heavy atom. The first kappa shape index (κ1) is 21.7. The van der Waals surface area contributed by atoms with Gasteiger partial charge in [0.25, 0.3) is 0 Å². The highest BCUT2D eigenvalue weighted by atomic mass is 31.2. The van der Waals surface area contributed by atoms with Crippen LogP contribution in [0.5, 0.6) is 0 Å². The molecule has 0 amide bonds. The Bertz CT molecular complexity index is 915. The summed E-state index contributed by atoms with van der Waals surface area (Å²) in [6.07, 6.45) is 3.08. The molecule has 0 aliphatic heterocycles. The van der Waals surface area contributed by atoms with Crippen LogP contribution in [0.3, 0.4) is 0 Å². The zero-order valence-corrected chi connectivity index (χ0v) is 19.7. The van der Waals surface area contributed by atoms with Crippen LogP contribution < -0.4 is 21.2 Å². The van der Waals surface area contributed by atoms with E-state index in [1.807, 2.05) is 0 Å². The van der Waals surface area contributed by atoms with Gasteiger partial charge >= 0.3 is 0 Å². The van der Waals surface area contributed by atoms with E-state index < -0.39 is 15.8 Å². The van der Waals surface area contributed by atoms with Crippen LogP contribution in [0.1, 0.15) is 13.3 Å². The number of rotatable bonds is 8. The smallest absolute Gasteiger partial charge is 0.0273 e. The summed E-state index contributed by atoms with van der Waals surface area (Å²) in [4.78, 5) is 0.0117. The second kappa shape index (κ2) is 10.2. The second-order valence-corrected chi connectivity index (χ2v) is 13.5. The number of allylic oxidation sites excluding steroid dienone is 1. The van der Waals surface area contributed by atoms with E-state index in [0.29, 0.717) is 0 Å². The zero-order chi connectivity index (χ0) is 21.5. The van der Waals surface area contributed by atoms with E-state index in [1.165, 1.54) is 21.2 Å². The van der Waals surface area contributed by atoms with Crippen LogP contribution in [-0.2, 0) is 0 Å². The molecule has 2 heteroatoms. The van der Waals surface area contributed by atoms with E-state index in [1.54, 1.807) is 0 Å². The van der Waals surface area contributed by atoms with E-state index >= 15 is 0 Å². The summed E-state index contributed by atoms with van der Waals surface area (Å²) in [5.74, 6) is 0. The second-order valence-electron chi connectivity index (χ2n) is 7.72. The molecule has 0 aromatic heterocycles. The Hall–Kier alpha value is -2.52. The van der Waals surface area contributed by atoms with Crippen molar-refractivity contribution in [2.45, 2.75) is 18.2 Å². The molecule has 4 aromatic carbocycles. The van der Waals surface area contributed by atoms with Crippen molar-refractivity contribution in [1.29, 1.82) is 0 Å². The lowest BCUT2D eigenvalue weighted by Gasteiger charge is -2.45. The maximum atomic E-state index is 4.21. The third-order valence-electron chi connectivity index (χ3n) is 5.55. The van der Waals surface area contributed by atoms with Gasteiger partial charge in [0, 0.05) is 4.90 Å². The molecule has 31 heavy (non-hydrogen) atoms. The lowest BCUT2D eigenvalue weighted by atomic mass is 10.3. The molecular formula is C29H28P2. The van der Waals surface area contributed by atoms with Gasteiger partial charge in [-0.15, -0.1) is 6.58 Å². The minimum Gasteiger partial charge on any atom is -0.103 e. The summed E-state index contributed by atoms with van der Waals surface area (Å²) in [6, 6.07) is 44.3. The van der Waals surface area contributed by atoms with Crippen molar-refractivity contribution in [3.63, 3.8) is 0 Å². The minimum atomic E-state index is -0.631. The van der Waals surface area contributed by atoms with E-state index in [9.17, 15) is 0 Å². The lowest BCUT2D eigenvalue weighted by molar-refractivity contribution is 0.894. The third kappa shape index (κ3) is 4.72. The first-order valence-corrected chi connectivity index (χ1v) is 13.3. The fourth-order valence-corrected chi connectivity index (χ4v) is 11.8. The fourth-order valence-electron chi connectivity index (χ4n) is 4.27. The molecule has 0 saturated carbocycles. The number of benzene rings is 4. The minimum absolute atomic E-state index is 0.0117. The molecule has 0 N–H and O–H groups in total. The Kier molecular flexibility index (Phi) is 7.14. The van der Waals surface area contributed by atoms with Crippen LogP contribution in [-0.4, -0.2) is 4.90 Å². The summed E-state index contributed by atoms with van der Waals surface area (Å²) in [6.45, 7) is 6.70. The van der Waals surface area contributed by atoms with Crippen molar-refractivity contribution < 1.29 is 0 Å². The summed E-state index contributed by atoms with van der Waals surface area (Å²) < 4.78 is 0. The molecule has 4 rings (SSSR count). The van der Waals surface area contributed by atoms with Crippen molar-refractivity contribution in [1.82, 2.24) is 0 Å². The van der Waals surface area contributed by atoms with Crippen molar-refractivity contribution in [2.24, 2.45) is 0 Å². The predicted octanol–water partition coefficient (Wildman–Crippen LogP) is 6.54. The van der Waals surface area contributed by atoms with Gasteiger partial charge in [0.1, 0.15) is 0 Å². The van der Waals surface area contributed by atoms with Gasteiger partial charge in [-0.2, -0.15) is 0 Å². The molecule has 0 atom stereocenters. The van der Waals surface area contributed by atoms with Crippen LogP contribution >= 0.6 is 15.8 Å². The number of hydrogen-bond acceptors (Lipinski definition) is 0. The Balaban J connectivity index is 1.98. The monoisotopic (exact) mass is 438 g/mol. The first-order valence-electron chi connectivity index (χ1n) is 10.7. The van der Waals surface area contributed by atoms with Crippen molar-refractivity contribution in [3.8, 4) is 0 Å². The molecule has 0 heterocycles. The molecular weight excluding hydrogens is 410 g/mol. The van der Waals surface area contributed by atoms with Crippen molar-refractivity contribution >= 4 is 37.1 Å². The lowest BCUT2D eigenvalue weighted by Crippen LogP contribution is -2.36. The maximum absolute atomic E-state index is 4.21. The highest BCUT2D eigenvalue weighted by molar-refractivity contribution is 7.90. The molecule has 0 spiro atoms. The molecule has 0 radical (unpaired) electrons. The Morgan fingerprint density at radius 2 is 0.806 bits per heavy atom. The van der Waals surface area contributed by atoms with Gasteiger partial charge in [0.2, 0.25) is 0 Å². The Labute approximate surface area is 189 Å². The fraction of sp³-hybridized carbons (Fsp3) is 0.103. The van der Waals surface area contributed by atoms with E-state index in [-0.39, 0.29) is 4.90 Å². The molecule has 0 aliphatic rings. The van der Waals surface area contributed by atoms with Gasteiger partial charge in [0.15, 0.2) is 0 Å². The van der Waals surface area contributed by atoms with Crippen LogP contribution in [0.15, 0.2) is 134 Å². The van der Waals surface area contributed by atoms with Gasteiger partial charge in [-0.05, 0) is 43.5 Å². The third-order valence-corrected chi connectivity index (χ3v) is 12.3. The Morgan fingerprint density at radius 1 is 0.548 bits per heavy atom. The predicted molar refractivity (Wildman–Crippen MR) is 141 cm³/mol.